The first-order chi connectivity index (χ1) is 9.78. The SMILES string of the molecule is CCNCc1nn(Cc2cn(C)nn2)c2ccccc12. The highest BCUT2D eigenvalue weighted by molar-refractivity contribution is 5.82. The number of hydrogen-bond donors (Lipinski definition) is 1. The van der Waals surface area contributed by atoms with Crippen molar-refractivity contribution in [2.75, 3.05) is 6.54 Å². The van der Waals surface area contributed by atoms with Gasteiger partial charge in [0.1, 0.15) is 5.69 Å². The second kappa shape index (κ2) is 5.42. The number of rotatable bonds is 5. The summed E-state index contributed by atoms with van der Waals surface area (Å²) in [6.45, 7) is 4.45. The van der Waals surface area contributed by atoms with Gasteiger partial charge in [-0.15, -0.1) is 5.10 Å². The number of para-hydroxylation sites is 1. The molecule has 0 amide bonds. The normalized spacial score (nSPS) is 11.3. The van der Waals surface area contributed by atoms with E-state index in [0.29, 0.717) is 6.54 Å². The van der Waals surface area contributed by atoms with Crippen LogP contribution in [0.3, 0.4) is 0 Å². The van der Waals surface area contributed by atoms with Gasteiger partial charge in [0.05, 0.1) is 17.8 Å². The summed E-state index contributed by atoms with van der Waals surface area (Å²) in [5.41, 5.74) is 3.12. The van der Waals surface area contributed by atoms with Gasteiger partial charge in [0, 0.05) is 25.2 Å². The Bertz CT molecular complexity index is 711. The molecule has 0 atom stereocenters. The highest BCUT2D eigenvalue weighted by Gasteiger charge is 2.10. The lowest BCUT2D eigenvalue weighted by molar-refractivity contribution is 0.648. The first kappa shape index (κ1) is 12.8. The maximum absolute atomic E-state index is 4.71. The van der Waals surface area contributed by atoms with E-state index in [2.05, 4.69) is 34.7 Å². The third-order valence-electron chi connectivity index (χ3n) is 3.24. The lowest BCUT2D eigenvalue weighted by atomic mass is 10.2. The van der Waals surface area contributed by atoms with Crippen LogP contribution in [0.1, 0.15) is 18.3 Å². The number of fused-ring (bicyclic) bond motifs is 1. The van der Waals surface area contributed by atoms with Crippen LogP contribution in [-0.4, -0.2) is 31.3 Å². The maximum Gasteiger partial charge on any atom is 0.104 e. The molecule has 3 rings (SSSR count). The average molecular weight is 270 g/mol. The van der Waals surface area contributed by atoms with Crippen molar-refractivity contribution in [3.05, 3.63) is 41.9 Å². The van der Waals surface area contributed by atoms with Gasteiger partial charge in [0.2, 0.25) is 0 Å². The Morgan fingerprint density at radius 3 is 2.85 bits per heavy atom. The number of nitrogens with one attached hydrogen (secondary N) is 1. The van der Waals surface area contributed by atoms with Crippen LogP contribution in [0, 0.1) is 0 Å². The molecule has 20 heavy (non-hydrogen) atoms. The van der Waals surface area contributed by atoms with Crippen molar-refractivity contribution in [2.45, 2.75) is 20.0 Å². The molecule has 0 saturated heterocycles. The van der Waals surface area contributed by atoms with E-state index in [1.165, 1.54) is 5.39 Å². The van der Waals surface area contributed by atoms with Gasteiger partial charge in [0.25, 0.3) is 0 Å². The molecule has 6 heteroatoms. The summed E-state index contributed by atoms with van der Waals surface area (Å²) >= 11 is 0. The summed E-state index contributed by atoms with van der Waals surface area (Å²) in [4.78, 5) is 0. The fourth-order valence-corrected chi connectivity index (χ4v) is 2.31. The largest absolute Gasteiger partial charge is 0.311 e. The second-order valence-corrected chi connectivity index (χ2v) is 4.79. The Kier molecular flexibility index (Phi) is 3.47. The monoisotopic (exact) mass is 270 g/mol. The van der Waals surface area contributed by atoms with Crippen LogP contribution >= 0.6 is 0 Å². The number of nitrogens with zero attached hydrogens (tertiary/aromatic N) is 5. The molecule has 3 aromatic rings. The van der Waals surface area contributed by atoms with E-state index in [9.17, 15) is 0 Å². The van der Waals surface area contributed by atoms with Crippen molar-refractivity contribution in [3.8, 4) is 0 Å². The quantitative estimate of drug-likeness (QED) is 0.759. The zero-order chi connectivity index (χ0) is 13.9. The van der Waals surface area contributed by atoms with Crippen LogP contribution in [-0.2, 0) is 20.1 Å². The molecule has 0 spiro atoms. The lowest BCUT2D eigenvalue weighted by Gasteiger charge is -1.99. The Balaban J connectivity index is 1.97. The van der Waals surface area contributed by atoms with E-state index in [4.69, 9.17) is 5.10 Å². The Morgan fingerprint density at radius 1 is 1.25 bits per heavy atom. The average Bonchev–Trinajstić information content (AvgIpc) is 3.02. The summed E-state index contributed by atoms with van der Waals surface area (Å²) in [5, 5.41) is 17.3. The number of hydrogen-bond acceptors (Lipinski definition) is 4. The molecular formula is C14H18N6. The van der Waals surface area contributed by atoms with Gasteiger partial charge in [-0.3, -0.25) is 9.36 Å². The van der Waals surface area contributed by atoms with Crippen molar-refractivity contribution < 1.29 is 0 Å². The van der Waals surface area contributed by atoms with Gasteiger partial charge in [0.15, 0.2) is 0 Å². The van der Waals surface area contributed by atoms with Crippen LogP contribution in [0.5, 0.6) is 0 Å². The number of aryl methyl sites for hydroxylation is 1. The molecule has 0 saturated carbocycles. The standard InChI is InChI=1S/C14H18N6/c1-3-15-8-13-12-6-4-5-7-14(12)20(17-13)10-11-9-19(2)18-16-11/h4-7,9,15H,3,8,10H2,1-2H3. The zero-order valence-electron chi connectivity index (χ0n) is 11.7. The second-order valence-electron chi connectivity index (χ2n) is 4.79. The molecule has 0 fully saturated rings. The van der Waals surface area contributed by atoms with Crippen molar-refractivity contribution in [2.24, 2.45) is 7.05 Å². The number of aromatic nitrogens is 5. The highest BCUT2D eigenvalue weighted by atomic mass is 15.4. The molecule has 0 aliphatic rings. The predicted octanol–water partition coefficient (Wildman–Crippen LogP) is 1.32. The van der Waals surface area contributed by atoms with Gasteiger partial charge in [-0.05, 0) is 12.6 Å². The minimum atomic E-state index is 0.639. The minimum absolute atomic E-state index is 0.639. The van der Waals surface area contributed by atoms with E-state index in [0.717, 1.165) is 30.0 Å². The Labute approximate surface area is 117 Å². The van der Waals surface area contributed by atoms with E-state index < -0.39 is 0 Å². The molecule has 0 bridgehead atoms. The summed E-state index contributed by atoms with van der Waals surface area (Å²) in [6, 6.07) is 8.29. The topological polar surface area (TPSA) is 60.6 Å². The van der Waals surface area contributed by atoms with Crippen molar-refractivity contribution in [3.63, 3.8) is 0 Å². The van der Waals surface area contributed by atoms with Crippen LogP contribution in [0.25, 0.3) is 10.9 Å². The third-order valence-corrected chi connectivity index (χ3v) is 3.24. The molecule has 2 aromatic heterocycles. The van der Waals surface area contributed by atoms with E-state index in [-0.39, 0.29) is 0 Å². The molecule has 1 aromatic carbocycles. The molecule has 104 valence electrons. The fraction of sp³-hybridized carbons (Fsp3) is 0.357. The van der Waals surface area contributed by atoms with Crippen LogP contribution in [0.2, 0.25) is 0 Å². The summed E-state index contributed by atoms with van der Waals surface area (Å²) in [7, 11) is 1.87. The molecule has 2 heterocycles. The smallest absolute Gasteiger partial charge is 0.104 e. The molecule has 0 aliphatic heterocycles. The number of benzene rings is 1. The van der Waals surface area contributed by atoms with Crippen molar-refractivity contribution in [1.82, 2.24) is 30.1 Å². The van der Waals surface area contributed by atoms with Gasteiger partial charge in [-0.1, -0.05) is 30.3 Å². The fourth-order valence-electron chi connectivity index (χ4n) is 2.31. The summed E-state index contributed by atoms with van der Waals surface area (Å²) in [5.74, 6) is 0. The molecule has 1 N–H and O–H groups in total. The highest BCUT2D eigenvalue weighted by Crippen LogP contribution is 2.19. The van der Waals surface area contributed by atoms with E-state index in [1.807, 2.05) is 30.1 Å². The Morgan fingerprint density at radius 2 is 2.10 bits per heavy atom. The van der Waals surface area contributed by atoms with E-state index >= 15 is 0 Å². The maximum atomic E-state index is 4.71. The predicted molar refractivity (Wildman–Crippen MR) is 77.2 cm³/mol. The van der Waals surface area contributed by atoms with Gasteiger partial charge in [-0.2, -0.15) is 5.10 Å². The molecule has 6 nitrogen and oxygen atoms in total. The van der Waals surface area contributed by atoms with Crippen LogP contribution in [0.15, 0.2) is 30.5 Å². The van der Waals surface area contributed by atoms with Crippen LogP contribution in [0.4, 0.5) is 0 Å². The van der Waals surface area contributed by atoms with Gasteiger partial charge in [-0.25, -0.2) is 0 Å². The lowest BCUT2D eigenvalue weighted by Crippen LogP contribution is -2.13. The first-order valence-corrected chi connectivity index (χ1v) is 6.78. The first-order valence-electron chi connectivity index (χ1n) is 6.78. The van der Waals surface area contributed by atoms with Crippen molar-refractivity contribution in [1.29, 1.82) is 0 Å². The molecule has 0 aliphatic carbocycles. The van der Waals surface area contributed by atoms with Crippen molar-refractivity contribution >= 4 is 10.9 Å². The van der Waals surface area contributed by atoms with Gasteiger partial charge >= 0.3 is 0 Å². The summed E-state index contributed by atoms with van der Waals surface area (Å²) in [6.07, 6.45) is 1.92. The third kappa shape index (κ3) is 2.42. The minimum Gasteiger partial charge on any atom is -0.311 e. The molecule has 0 radical (unpaired) electrons. The molecular weight excluding hydrogens is 252 g/mol. The van der Waals surface area contributed by atoms with Gasteiger partial charge < -0.3 is 5.32 Å². The van der Waals surface area contributed by atoms with Crippen LogP contribution < -0.4 is 5.32 Å². The molecule has 0 unspecified atom stereocenters. The summed E-state index contributed by atoms with van der Waals surface area (Å²) < 4.78 is 3.70. The van der Waals surface area contributed by atoms with E-state index in [1.54, 1.807) is 4.68 Å². The zero-order valence-corrected chi connectivity index (χ0v) is 11.7. The Hall–Kier alpha value is -2.21.